The molecule has 1 aliphatic heterocycles. The molecule has 0 radical (unpaired) electrons. The van der Waals surface area contributed by atoms with Crippen LogP contribution in [0.2, 0.25) is 0 Å². The average molecular weight is 241 g/mol. The highest BCUT2D eigenvalue weighted by atomic mass is 35.5. The van der Waals surface area contributed by atoms with E-state index in [4.69, 9.17) is 0 Å². The SMILES string of the molecule is Cl.Cl.O=C(CN1CCNCC1)C1CC1. The third kappa shape index (κ3) is 4.13. The molecule has 14 heavy (non-hydrogen) atoms. The number of carbonyl (C=O) groups is 1. The second kappa shape index (κ2) is 6.62. The highest BCUT2D eigenvalue weighted by molar-refractivity contribution is 5.85. The van der Waals surface area contributed by atoms with Gasteiger partial charge in [-0.1, -0.05) is 0 Å². The third-order valence-corrected chi connectivity index (χ3v) is 2.62. The molecule has 0 amide bonds. The number of nitrogens with zero attached hydrogens (tertiary/aromatic N) is 1. The minimum Gasteiger partial charge on any atom is -0.314 e. The van der Waals surface area contributed by atoms with Gasteiger partial charge in [0.2, 0.25) is 0 Å². The fourth-order valence-electron chi connectivity index (χ4n) is 1.62. The van der Waals surface area contributed by atoms with Crippen molar-refractivity contribution in [1.29, 1.82) is 0 Å². The van der Waals surface area contributed by atoms with Crippen molar-refractivity contribution < 1.29 is 4.79 Å². The molecule has 0 aromatic heterocycles. The maximum Gasteiger partial charge on any atom is 0.149 e. The van der Waals surface area contributed by atoms with E-state index in [1.54, 1.807) is 0 Å². The zero-order valence-electron chi connectivity index (χ0n) is 8.20. The molecule has 3 nitrogen and oxygen atoms in total. The lowest BCUT2D eigenvalue weighted by Gasteiger charge is -2.26. The maximum absolute atomic E-state index is 11.4. The van der Waals surface area contributed by atoms with Crippen LogP contribution >= 0.6 is 24.8 Å². The summed E-state index contributed by atoms with van der Waals surface area (Å²) in [6.07, 6.45) is 2.29. The fourth-order valence-corrected chi connectivity index (χ4v) is 1.62. The van der Waals surface area contributed by atoms with Crippen molar-refractivity contribution in [3.8, 4) is 0 Å². The highest BCUT2D eigenvalue weighted by Gasteiger charge is 2.30. The van der Waals surface area contributed by atoms with E-state index < -0.39 is 0 Å². The van der Waals surface area contributed by atoms with Crippen LogP contribution in [-0.4, -0.2) is 43.4 Å². The predicted octanol–water partition coefficient (Wildman–Crippen LogP) is 0.714. The van der Waals surface area contributed by atoms with Crippen molar-refractivity contribution in [1.82, 2.24) is 10.2 Å². The first-order valence-electron chi connectivity index (χ1n) is 4.82. The minimum absolute atomic E-state index is 0. The molecule has 1 N–H and O–H groups in total. The predicted molar refractivity (Wildman–Crippen MR) is 61.5 cm³/mol. The van der Waals surface area contributed by atoms with Gasteiger partial charge < -0.3 is 5.32 Å². The Balaban J connectivity index is 0.000000845. The molecule has 1 aliphatic carbocycles. The van der Waals surface area contributed by atoms with Gasteiger partial charge in [0.25, 0.3) is 0 Å². The Labute approximate surface area is 97.4 Å². The number of carbonyl (C=O) groups excluding carboxylic acids is 1. The number of piperazine rings is 1. The van der Waals surface area contributed by atoms with E-state index in [1.807, 2.05) is 0 Å². The number of halogens is 2. The van der Waals surface area contributed by atoms with E-state index >= 15 is 0 Å². The molecular weight excluding hydrogens is 223 g/mol. The first kappa shape index (κ1) is 14.2. The molecule has 2 rings (SSSR count). The van der Waals surface area contributed by atoms with Gasteiger partial charge in [-0.05, 0) is 12.8 Å². The first-order chi connectivity index (χ1) is 5.86. The monoisotopic (exact) mass is 240 g/mol. The van der Waals surface area contributed by atoms with Crippen molar-refractivity contribution in [2.75, 3.05) is 32.7 Å². The van der Waals surface area contributed by atoms with Crippen LogP contribution in [0, 0.1) is 5.92 Å². The molecular formula is C9H18Cl2N2O. The second-order valence-electron chi connectivity index (χ2n) is 3.77. The van der Waals surface area contributed by atoms with Crippen LogP contribution in [0.15, 0.2) is 0 Å². The molecule has 0 atom stereocenters. The molecule has 0 aromatic carbocycles. The summed E-state index contributed by atoms with van der Waals surface area (Å²) in [5, 5.41) is 3.28. The number of ketones is 1. The standard InChI is InChI=1S/C9H16N2O.2ClH/c12-9(8-1-2-8)7-11-5-3-10-4-6-11;;/h8,10H,1-7H2;2*1H. The van der Waals surface area contributed by atoms with Gasteiger partial charge in [0.1, 0.15) is 5.78 Å². The van der Waals surface area contributed by atoms with Crippen molar-refractivity contribution in [2.45, 2.75) is 12.8 Å². The molecule has 0 aromatic rings. The Kier molecular flexibility index (Phi) is 6.70. The van der Waals surface area contributed by atoms with Crippen molar-refractivity contribution in [2.24, 2.45) is 5.92 Å². The minimum atomic E-state index is 0. The van der Waals surface area contributed by atoms with Crippen molar-refractivity contribution in [3.63, 3.8) is 0 Å². The van der Waals surface area contributed by atoms with Gasteiger partial charge in [-0.25, -0.2) is 0 Å². The Morgan fingerprint density at radius 3 is 2.29 bits per heavy atom. The molecule has 1 saturated heterocycles. The fraction of sp³-hybridized carbons (Fsp3) is 0.889. The van der Waals surface area contributed by atoms with Gasteiger partial charge in [-0.3, -0.25) is 9.69 Å². The van der Waals surface area contributed by atoms with Gasteiger partial charge >= 0.3 is 0 Å². The van der Waals surface area contributed by atoms with Gasteiger partial charge in [-0.15, -0.1) is 24.8 Å². The molecule has 2 aliphatic rings. The molecule has 84 valence electrons. The lowest BCUT2D eigenvalue weighted by molar-refractivity contribution is -0.121. The second-order valence-corrected chi connectivity index (χ2v) is 3.77. The zero-order chi connectivity index (χ0) is 8.39. The molecule has 0 unspecified atom stereocenters. The highest BCUT2D eigenvalue weighted by Crippen LogP contribution is 2.29. The Morgan fingerprint density at radius 1 is 1.21 bits per heavy atom. The summed E-state index contributed by atoms with van der Waals surface area (Å²) in [4.78, 5) is 13.7. The topological polar surface area (TPSA) is 32.3 Å². The maximum atomic E-state index is 11.4. The molecule has 0 spiro atoms. The average Bonchev–Trinajstić information content (AvgIpc) is 2.88. The van der Waals surface area contributed by atoms with Crippen LogP contribution in [0.4, 0.5) is 0 Å². The van der Waals surface area contributed by atoms with E-state index in [9.17, 15) is 4.79 Å². The Morgan fingerprint density at radius 2 is 1.79 bits per heavy atom. The Hall–Kier alpha value is 0.170. The van der Waals surface area contributed by atoms with Gasteiger partial charge in [0.15, 0.2) is 0 Å². The number of rotatable bonds is 3. The molecule has 5 heteroatoms. The van der Waals surface area contributed by atoms with E-state index in [-0.39, 0.29) is 24.8 Å². The van der Waals surface area contributed by atoms with Crippen LogP contribution in [0.1, 0.15) is 12.8 Å². The van der Waals surface area contributed by atoms with E-state index in [1.165, 1.54) is 0 Å². The molecule has 2 fully saturated rings. The summed E-state index contributed by atoms with van der Waals surface area (Å²) in [6, 6.07) is 0. The van der Waals surface area contributed by atoms with E-state index in [2.05, 4.69) is 10.2 Å². The van der Waals surface area contributed by atoms with E-state index in [0.29, 0.717) is 18.2 Å². The van der Waals surface area contributed by atoms with Crippen LogP contribution < -0.4 is 5.32 Å². The van der Waals surface area contributed by atoms with Gasteiger partial charge in [-0.2, -0.15) is 0 Å². The smallest absolute Gasteiger partial charge is 0.149 e. The summed E-state index contributed by atoms with van der Waals surface area (Å²) >= 11 is 0. The zero-order valence-corrected chi connectivity index (χ0v) is 9.83. The number of Topliss-reactive ketones (excluding diaryl/α,β-unsaturated/α-hetero) is 1. The van der Waals surface area contributed by atoms with Gasteiger partial charge in [0, 0.05) is 32.1 Å². The quantitative estimate of drug-likeness (QED) is 0.790. The van der Waals surface area contributed by atoms with Crippen molar-refractivity contribution in [3.05, 3.63) is 0 Å². The molecule has 0 bridgehead atoms. The largest absolute Gasteiger partial charge is 0.314 e. The third-order valence-electron chi connectivity index (χ3n) is 2.62. The molecule has 1 saturated carbocycles. The lowest BCUT2D eigenvalue weighted by atomic mass is 10.2. The summed E-state index contributed by atoms with van der Waals surface area (Å²) in [5.41, 5.74) is 0. The van der Waals surface area contributed by atoms with Crippen LogP contribution in [0.3, 0.4) is 0 Å². The first-order valence-corrected chi connectivity index (χ1v) is 4.82. The molecule has 1 heterocycles. The summed E-state index contributed by atoms with van der Waals surface area (Å²) in [7, 11) is 0. The van der Waals surface area contributed by atoms with E-state index in [0.717, 1.165) is 39.0 Å². The Bertz CT molecular complexity index is 180. The summed E-state index contributed by atoms with van der Waals surface area (Å²) in [5.74, 6) is 0.900. The number of nitrogens with one attached hydrogen (secondary N) is 1. The number of hydrogen-bond acceptors (Lipinski definition) is 3. The summed E-state index contributed by atoms with van der Waals surface area (Å²) < 4.78 is 0. The van der Waals surface area contributed by atoms with Crippen molar-refractivity contribution >= 4 is 30.6 Å². The van der Waals surface area contributed by atoms with Crippen LogP contribution in [0.5, 0.6) is 0 Å². The van der Waals surface area contributed by atoms with Crippen LogP contribution in [0.25, 0.3) is 0 Å². The van der Waals surface area contributed by atoms with Gasteiger partial charge in [0.05, 0.1) is 6.54 Å². The summed E-state index contributed by atoms with van der Waals surface area (Å²) in [6.45, 7) is 4.86. The van der Waals surface area contributed by atoms with Crippen LogP contribution in [-0.2, 0) is 4.79 Å². The lowest BCUT2D eigenvalue weighted by Crippen LogP contribution is -2.45. The number of hydrogen-bond donors (Lipinski definition) is 1. The normalized spacial score (nSPS) is 22.0.